The third kappa shape index (κ3) is 6.28. The summed E-state index contributed by atoms with van der Waals surface area (Å²) >= 11 is 0. The van der Waals surface area contributed by atoms with E-state index < -0.39 is 8.07 Å². The Labute approximate surface area is 223 Å². The molecule has 0 spiro atoms. The van der Waals surface area contributed by atoms with E-state index in [0.29, 0.717) is 12.3 Å². The van der Waals surface area contributed by atoms with Gasteiger partial charge in [-0.1, -0.05) is 156 Å². The molecule has 184 valence electrons. The molecule has 1 aromatic heterocycles. The largest absolute Gasteiger partial charge is 0.340 e. The summed E-state index contributed by atoms with van der Waals surface area (Å²) in [7, 11) is -1.91. The average molecular weight is 499 g/mol. The molecule has 0 aliphatic rings. The van der Waals surface area contributed by atoms with E-state index in [2.05, 4.69) is 145 Å². The summed E-state index contributed by atoms with van der Waals surface area (Å²) < 4.78 is 2.24. The van der Waals surface area contributed by atoms with Gasteiger partial charge in [-0.3, -0.25) is 0 Å². The first-order valence-corrected chi connectivity index (χ1v) is 15.2. The average Bonchev–Trinajstić information content (AvgIpc) is 3.48. The van der Waals surface area contributed by atoms with Crippen molar-refractivity contribution in [2.45, 2.75) is 25.6 Å². The van der Waals surface area contributed by atoms with Gasteiger partial charge in [-0.2, -0.15) is 0 Å². The van der Waals surface area contributed by atoms with Gasteiger partial charge in [0.1, 0.15) is 8.07 Å². The third-order valence-corrected chi connectivity index (χ3v) is 12.7. The van der Waals surface area contributed by atoms with Crippen LogP contribution in [-0.4, -0.2) is 24.3 Å². The molecule has 0 N–H and O–H groups in total. The second-order valence-corrected chi connectivity index (χ2v) is 14.2. The summed E-state index contributed by atoms with van der Waals surface area (Å²) in [5.41, 5.74) is 3.18. The molecule has 0 unspecified atom stereocenters. The van der Waals surface area contributed by atoms with E-state index in [-0.39, 0.29) is 0 Å². The highest BCUT2D eigenvalue weighted by atomic mass is 28.3. The molecule has 0 radical (unpaired) electrons. The fourth-order valence-corrected chi connectivity index (χ4v) is 9.86. The van der Waals surface area contributed by atoms with Crippen molar-refractivity contribution in [2.75, 3.05) is 0 Å². The number of hydrogen-bond donors (Lipinski definition) is 0. The van der Waals surface area contributed by atoms with Crippen molar-refractivity contribution in [1.29, 1.82) is 0 Å². The molecule has 1 heterocycles. The quantitative estimate of drug-likeness (QED) is 0.272. The van der Waals surface area contributed by atoms with Crippen LogP contribution in [0.25, 0.3) is 0 Å². The van der Waals surface area contributed by atoms with E-state index in [0.717, 1.165) is 6.17 Å². The Morgan fingerprint density at radius 2 is 1.16 bits per heavy atom. The van der Waals surface area contributed by atoms with Gasteiger partial charge in [-0.25, -0.2) is 4.98 Å². The van der Waals surface area contributed by atoms with Gasteiger partial charge in [0, 0.05) is 18.6 Å². The van der Waals surface area contributed by atoms with Crippen molar-refractivity contribution in [2.24, 2.45) is 0 Å². The lowest BCUT2D eigenvalue weighted by Gasteiger charge is -2.37. The number of imidazole rings is 1. The predicted molar refractivity (Wildman–Crippen MR) is 163 cm³/mol. The Morgan fingerprint density at radius 3 is 1.51 bits per heavy atom. The first kappa shape index (κ1) is 26.2. The molecule has 37 heavy (non-hydrogen) atoms. The van der Waals surface area contributed by atoms with E-state index in [9.17, 15) is 0 Å². The number of aromatic nitrogens is 2. The van der Waals surface area contributed by atoms with Crippen molar-refractivity contribution in [3.63, 3.8) is 0 Å². The lowest BCUT2D eigenvalue weighted by molar-refractivity contribution is 0.829. The van der Waals surface area contributed by atoms with Crippen molar-refractivity contribution < 1.29 is 0 Å². The molecule has 5 aromatic rings. The van der Waals surface area contributed by atoms with Crippen LogP contribution in [0.15, 0.2) is 153 Å². The maximum atomic E-state index is 4.24. The molecule has 5 rings (SSSR count). The predicted octanol–water partition coefficient (Wildman–Crippen LogP) is 5.12. The topological polar surface area (TPSA) is 17.8 Å². The molecule has 0 aliphatic heterocycles. The lowest BCUT2D eigenvalue weighted by atomic mass is 9.41. The van der Waals surface area contributed by atoms with Crippen molar-refractivity contribution in [3.05, 3.63) is 153 Å². The molecule has 0 saturated heterocycles. The van der Waals surface area contributed by atoms with E-state index in [1.807, 2.05) is 30.6 Å². The summed E-state index contributed by atoms with van der Waals surface area (Å²) in [6, 6.07) is 42.9. The van der Waals surface area contributed by atoms with Crippen molar-refractivity contribution in [3.8, 4) is 0 Å². The Hall–Kier alpha value is -3.89. The van der Waals surface area contributed by atoms with Gasteiger partial charge in [0.2, 0.25) is 6.71 Å². The monoisotopic (exact) mass is 498 g/mol. The Morgan fingerprint density at radius 1 is 0.730 bits per heavy atom. The van der Waals surface area contributed by atoms with Crippen LogP contribution in [0.2, 0.25) is 5.54 Å². The summed E-state index contributed by atoms with van der Waals surface area (Å²) in [6.45, 7) is 8.94. The molecule has 4 heteroatoms. The van der Waals surface area contributed by atoms with Gasteiger partial charge in [0.25, 0.3) is 0 Å². The maximum absolute atomic E-state index is 4.24. The van der Waals surface area contributed by atoms with Crippen LogP contribution >= 0.6 is 0 Å². The van der Waals surface area contributed by atoms with Crippen LogP contribution in [0.4, 0.5) is 0 Å². The molecule has 0 atom stereocenters. The minimum atomic E-state index is -1.91. The van der Waals surface area contributed by atoms with Gasteiger partial charge in [-0.05, 0) is 5.54 Å². The fourth-order valence-electron chi connectivity index (χ4n) is 5.12. The van der Waals surface area contributed by atoms with Gasteiger partial charge in [0.15, 0.2) is 0 Å². The zero-order valence-electron chi connectivity index (χ0n) is 21.8. The van der Waals surface area contributed by atoms with Crippen LogP contribution in [0.5, 0.6) is 0 Å². The zero-order valence-corrected chi connectivity index (χ0v) is 22.8. The minimum Gasteiger partial charge on any atom is -0.340 e. The van der Waals surface area contributed by atoms with E-state index in [4.69, 9.17) is 0 Å². The Kier molecular flexibility index (Phi) is 9.12. The molecule has 0 saturated carbocycles. The molecule has 0 fully saturated rings. The van der Waals surface area contributed by atoms with E-state index >= 15 is 0 Å². The first-order valence-electron chi connectivity index (χ1n) is 12.9. The van der Waals surface area contributed by atoms with Crippen molar-refractivity contribution in [1.82, 2.24) is 9.55 Å². The number of hydrogen-bond acceptors (Lipinski definition) is 1. The highest BCUT2D eigenvalue weighted by Gasteiger charge is 2.40. The maximum Gasteiger partial charge on any atom is 0.233 e. The zero-order chi connectivity index (χ0) is 25.9. The second kappa shape index (κ2) is 12.9. The van der Waals surface area contributed by atoms with Crippen LogP contribution in [0.1, 0.15) is 13.8 Å². The molecular formula is C33H35BN2Si. The number of nitrogens with zero attached hydrogens (tertiary/aromatic N) is 2. The molecule has 4 aromatic carbocycles. The highest BCUT2D eigenvalue weighted by Crippen LogP contribution is 2.23. The molecule has 0 aliphatic carbocycles. The summed E-state index contributed by atoms with van der Waals surface area (Å²) in [6.07, 6.45) is 6.92. The van der Waals surface area contributed by atoms with Gasteiger partial charge in [-0.15, -0.1) is 12.6 Å². The molecule has 2 nitrogen and oxygen atoms in total. The smallest absolute Gasteiger partial charge is 0.233 e. The Bertz CT molecular complexity index is 1240. The lowest BCUT2D eigenvalue weighted by Crippen LogP contribution is -2.63. The highest BCUT2D eigenvalue weighted by molar-refractivity contribution is 7.02. The van der Waals surface area contributed by atoms with Gasteiger partial charge < -0.3 is 4.57 Å². The van der Waals surface area contributed by atoms with Crippen LogP contribution in [0, 0.1) is 0 Å². The van der Waals surface area contributed by atoms with Gasteiger partial charge in [0.05, 0.1) is 6.33 Å². The standard InChI is InChI=1S/C19H22N2Si.C14H13B/c1-17(2)22(16-21-14-13-20-15-21,18-9-5-3-6-10-18)19-11-7-4-8-12-19;1-2-15(13-9-5-3-6-10-13)14-11-7-4-8-12-14/h3-15,17H,16H2,1-2H3;2-12H,1H2. The summed E-state index contributed by atoms with van der Waals surface area (Å²) in [5.74, 6) is 1.99. The first-order chi connectivity index (χ1) is 18.1. The Balaban J connectivity index is 0.000000186. The van der Waals surface area contributed by atoms with Gasteiger partial charge >= 0.3 is 0 Å². The van der Waals surface area contributed by atoms with Crippen LogP contribution in [0.3, 0.4) is 0 Å². The molecule has 0 bridgehead atoms. The van der Waals surface area contributed by atoms with Crippen LogP contribution in [-0.2, 0) is 6.17 Å². The fraction of sp³-hybridized carbons (Fsp3) is 0.121. The normalized spacial score (nSPS) is 10.9. The van der Waals surface area contributed by atoms with E-state index in [1.165, 1.54) is 21.3 Å². The SMILES string of the molecule is C=CB(c1ccccc1)c1ccccc1.CC(C)[Si](Cn1ccnc1)(c1ccccc1)c1ccccc1. The molecular weight excluding hydrogens is 463 g/mol. The van der Waals surface area contributed by atoms with Crippen LogP contribution < -0.4 is 21.3 Å². The van der Waals surface area contributed by atoms with E-state index in [1.54, 1.807) is 0 Å². The third-order valence-electron chi connectivity index (χ3n) is 7.11. The van der Waals surface area contributed by atoms with Crippen molar-refractivity contribution >= 4 is 36.1 Å². The second-order valence-electron chi connectivity index (χ2n) is 9.63. The number of benzene rings is 4. The summed E-state index contributed by atoms with van der Waals surface area (Å²) in [4.78, 5) is 4.24. The minimum absolute atomic E-state index is 0.299. The number of rotatable bonds is 8. The molecule has 0 amide bonds. The summed E-state index contributed by atoms with van der Waals surface area (Å²) in [5, 5.41) is 2.98.